The maximum Gasteiger partial charge on any atom is 0.341 e. The number of carbonyl (C=O) groups excluding carboxylic acids is 1. The molecular weight excluding hydrogens is 432 g/mol. The lowest BCUT2D eigenvalue weighted by atomic mass is 10.0. The second kappa shape index (κ2) is 12.3. The molecule has 0 heterocycles. The van der Waals surface area contributed by atoms with Crippen molar-refractivity contribution >= 4 is 11.5 Å². The van der Waals surface area contributed by atoms with Gasteiger partial charge in [0.1, 0.15) is 42.6 Å². The van der Waals surface area contributed by atoms with Gasteiger partial charge in [-0.05, 0) is 54.8 Å². The molecule has 6 heteroatoms. The summed E-state index contributed by atoms with van der Waals surface area (Å²) in [7, 11) is 2.83. The Bertz CT molecular complexity index is 1120. The number of esters is 1. The molecule has 34 heavy (non-hydrogen) atoms. The van der Waals surface area contributed by atoms with Crippen LogP contribution in [-0.4, -0.2) is 33.4 Å². The Morgan fingerprint density at radius 1 is 0.824 bits per heavy atom. The second-order valence-corrected chi connectivity index (χ2v) is 7.60. The van der Waals surface area contributed by atoms with Crippen molar-refractivity contribution < 1.29 is 28.5 Å². The van der Waals surface area contributed by atoms with Crippen LogP contribution in [0.3, 0.4) is 0 Å². The van der Waals surface area contributed by atoms with E-state index < -0.39 is 5.97 Å². The van der Waals surface area contributed by atoms with E-state index >= 15 is 0 Å². The van der Waals surface area contributed by atoms with Gasteiger partial charge < -0.3 is 23.7 Å². The lowest BCUT2D eigenvalue weighted by Crippen LogP contribution is -2.10. The number of benzene rings is 3. The van der Waals surface area contributed by atoms with Crippen molar-refractivity contribution in [3.05, 3.63) is 95.2 Å². The molecule has 0 aliphatic carbocycles. The summed E-state index contributed by atoms with van der Waals surface area (Å²) in [5, 5.41) is 0. The first-order chi connectivity index (χ1) is 16.5. The molecule has 0 bridgehead atoms. The van der Waals surface area contributed by atoms with Gasteiger partial charge in [-0.2, -0.15) is 0 Å². The minimum Gasteiger partial charge on any atom is -0.503 e. The van der Waals surface area contributed by atoms with Gasteiger partial charge in [-0.25, -0.2) is 4.79 Å². The number of para-hydroxylation sites is 1. The van der Waals surface area contributed by atoms with Gasteiger partial charge in [0.25, 0.3) is 0 Å². The molecule has 0 amide bonds. The highest BCUT2D eigenvalue weighted by atomic mass is 16.5. The Morgan fingerprint density at radius 2 is 1.47 bits per heavy atom. The third-order valence-corrected chi connectivity index (χ3v) is 5.14. The first kappa shape index (κ1) is 24.7. The van der Waals surface area contributed by atoms with Gasteiger partial charge in [0.15, 0.2) is 0 Å². The molecule has 0 saturated heterocycles. The summed E-state index contributed by atoms with van der Waals surface area (Å²) in [4.78, 5) is 12.2. The topological polar surface area (TPSA) is 63.2 Å². The zero-order valence-corrected chi connectivity index (χ0v) is 20.0. The monoisotopic (exact) mass is 462 g/mol. The molecular formula is C28H30O6. The van der Waals surface area contributed by atoms with Gasteiger partial charge in [0, 0.05) is 5.56 Å². The number of methoxy groups -OCH3 is 2. The van der Waals surface area contributed by atoms with E-state index in [1.807, 2.05) is 80.6 Å². The summed E-state index contributed by atoms with van der Waals surface area (Å²) in [6, 6.07) is 21.1. The Balaban J connectivity index is 1.70. The van der Waals surface area contributed by atoms with Gasteiger partial charge in [-0.1, -0.05) is 42.5 Å². The van der Waals surface area contributed by atoms with Gasteiger partial charge in [-0.3, -0.25) is 0 Å². The van der Waals surface area contributed by atoms with Crippen LogP contribution in [0.1, 0.15) is 22.3 Å². The fourth-order valence-corrected chi connectivity index (χ4v) is 3.43. The molecule has 0 aliphatic rings. The van der Waals surface area contributed by atoms with Crippen molar-refractivity contribution in [2.75, 3.05) is 27.4 Å². The number of hydrogen-bond acceptors (Lipinski definition) is 6. The first-order valence-corrected chi connectivity index (χ1v) is 11.0. The van der Waals surface area contributed by atoms with Crippen LogP contribution in [0.2, 0.25) is 0 Å². The number of hydrogen-bond donors (Lipinski definition) is 0. The van der Waals surface area contributed by atoms with Crippen LogP contribution in [0.5, 0.6) is 17.2 Å². The maximum absolute atomic E-state index is 12.2. The van der Waals surface area contributed by atoms with Crippen LogP contribution in [0.25, 0.3) is 5.57 Å². The Hall–Kier alpha value is -3.93. The zero-order chi connectivity index (χ0) is 24.3. The highest BCUT2D eigenvalue weighted by molar-refractivity contribution is 6.16. The molecule has 0 aliphatic heterocycles. The van der Waals surface area contributed by atoms with Crippen LogP contribution in [0, 0.1) is 13.8 Å². The minimum atomic E-state index is -0.477. The summed E-state index contributed by atoms with van der Waals surface area (Å²) in [5.41, 5.74) is 3.75. The minimum absolute atomic E-state index is 0.259. The zero-order valence-electron chi connectivity index (χ0n) is 20.0. The standard InChI is InChI=1S/C28H30O6/c1-20-16-26(33-15-14-32-23-11-6-5-7-12-23)21(2)27(17-20)34-18-22-10-8-9-13-24(22)25(19-30-3)28(29)31-4/h5-13,16-17,19H,14-15,18H2,1-4H3. The average molecular weight is 463 g/mol. The SMILES string of the molecule is COC=C(C(=O)OC)c1ccccc1COc1cc(C)cc(OCCOc2ccccc2)c1C. The van der Waals surface area contributed by atoms with E-state index in [1.165, 1.54) is 20.5 Å². The lowest BCUT2D eigenvalue weighted by molar-refractivity contribution is -0.133. The normalized spacial score (nSPS) is 11.0. The largest absolute Gasteiger partial charge is 0.503 e. The van der Waals surface area contributed by atoms with Gasteiger partial charge in [0.05, 0.1) is 20.5 Å². The Labute approximate surface area is 200 Å². The molecule has 0 atom stereocenters. The molecule has 3 aromatic carbocycles. The van der Waals surface area contributed by atoms with E-state index in [2.05, 4.69) is 0 Å². The van der Waals surface area contributed by atoms with E-state index in [9.17, 15) is 4.79 Å². The molecule has 0 aromatic heterocycles. The molecule has 0 unspecified atom stereocenters. The van der Waals surface area contributed by atoms with E-state index in [1.54, 1.807) is 0 Å². The smallest absolute Gasteiger partial charge is 0.341 e. The van der Waals surface area contributed by atoms with E-state index in [-0.39, 0.29) is 6.61 Å². The third kappa shape index (κ3) is 6.54. The molecule has 3 rings (SSSR count). The summed E-state index contributed by atoms with van der Waals surface area (Å²) in [6.07, 6.45) is 1.38. The highest BCUT2D eigenvalue weighted by Crippen LogP contribution is 2.31. The van der Waals surface area contributed by atoms with Crippen molar-refractivity contribution in [1.29, 1.82) is 0 Å². The molecule has 6 nitrogen and oxygen atoms in total. The molecule has 0 radical (unpaired) electrons. The molecule has 0 fully saturated rings. The fraction of sp³-hybridized carbons (Fsp3) is 0.250. The summed E-state index contributed by atoms with van der Waals surface area (Å²) in [6.45, 7) is 5.05. The maximum atomic E-state index is 12.2. The quantitative estimate of drug-likeness (QED) is 0.162. The second-order valence-electron chi connectivity index (χ2n) is 7.60. The predicted molar refractivity (Wildman–Crippen MR) is 131 cm³/mol. The van der Waals surface area contributed by atoms with Crippen LogP contribution in [0.4, 0.5) is 0 Å². The Kier molecular flexibility index (Phi) is 8.97. The van der Waals surface area contributed by atoms with Crippen LogP contribution in [-0.2, 0) is 20.9 Å². The van der Waals surface area contributed by atoms with Crippen molar-refractivity contribution in [1.82, 2.24) is 0 Å². The van der Waals surface area contributed by atoms with E-state index in [4.69, 9.17) is 23.7 Å². The first-order valence-electron chi connectivity index (χ1n) is 11.0. The number of aryl methyl sites for hydroxylation is 1. The highest BCUT2D eigenvalue weighted by Gasteiger charge is 2.17. The molecule has 178 valence electrons. The van der Waals surface area contributed by atoms with Crippen molar-refractivity contribution in [3.8, 4) is 17.2 Å². The fourth-order valence-electron chi connectivity index (χ4n) is 3.43. The van der Waals surface area contributed by atoms with Gasteiger partial charge in [-0.15, -0.1) is 0 Å². The number of ether oxygens (including phenoxy) is 5. The summed E-state index contributed by atoms with van der Waals surface area (Å²) < 4.78 is 27.9. The van der Waals surface area contributed by atoms with Gasteiger partial charge in [0.2, 0.25) is 0 Å². The lowest BCUT2D eigenvalue weighted by Gasteiger charge is -2.17. The Morgan fingerprint density at radius 3 is 2.18 bits per heavy atom. The molecule has 3 aromatic rings. The van der Waals surface area contributed by atoms with Crippen molar-refractivity contribution in [3.63, 3.8) is 0 Å². The van der Waals surface area contributed by atoms with Crippen LogP contribution < -0.4 is 14.2 Å². The van der Waals surface area contributed by atoms with Crippen molar-refractivity contribution in [2.24, 2.45) is 0 Å². The van der Waals surface area contributed by atoms with Crippen LogP contribution >= 0.6 is 0 Å². The number of carbonyl (C=O) groups is 1. The van der Waals surface area contributed by atoms with E-state index in [0.717, 1.165) is 28.2 Å². The molecule has 0 N–H and O–H groups in total. The summed E-state index contributed by atoms with van der Waals surface area (Å²) >= 11 is 0. The molecule has 0 spiro atoms. The van der Waals surface area contributed by atoms with Gasteiger partial charge >= 0.3 is 5.97 Å². The predicted octanol–water partition coefficient (Wildman–Crippen LogP) is 5.50. The average Bonchev–Trinajstić information content (AvgIpc) is 2.86. The van der Waals surface area contributed by atoms with E-state index in [0.29, 0.717) is 30.1 Å². The summed E-state index contributed by atoms with van der Waals surface area (Å²) in [5.74, 6) is 1.79. The molecule has 0 saturated carbocycles. The van der Waals surface area contributed by atoms with Crippen LogP contribution in [0.15, 0.2) is 73.0 Å². The third-order valence-electron chi connectivity index (χ3n) is 5.14. The number of rotatable bonds is 11. The van der Waals surface area contributed by atoms with Crippen molar-refractivity contribution in [2.45, 2.75) is 20.5 Å².